The maximum absolute atomic E-state index is 13.0. The van der Waals surface area contributed by atoms with E-state index in [0.29, 0.717) is 27.0 Å². The molecule has 3 aliphatic heterocycles. The van der Waals surface area contributed by atoms with Crippen LogP contribution in [0.2, 0.25) is 0 Å². The maximum atomic E-state index is 13.0. The van der Waals surface area contributed by atoms with Crippen LogP contribution in [0.4, 0.5) is 4.79 Å². The van der Waals surface area contributed by atoms with Gasteiger partial charge in [-0.1, -0.05) is 30.3 Å². The molecule has 4 rings (SSSR count). The van der Waals surface area contributed by atoms with Crippen LogP contribution >= 0.6 is 0 Å². The zero-order valence-electron chi connectivity index (χ0n) is 17.9. The number of hydroxylamine groups is 2. The Morgan fingerprint density at radius 3 is 2.58 bits per heavy atom. The summed E-state index contributed by atoms with van der Waals surface area (Å²) in [4.78, 5) is 46.4. The van der Waals surface area contributed by atoms with Crippen LogP contribution in [0.1, 0.15) is 44.1 Å². The number of fused-ring (bicyclic) bond motifs is 2. The average molecular weight is 426 g/mol. The lowest BCUT2D eigenvalue weighted by Crippen LogP contribution is -2.52. The molecule has 3 amide bonds. The molecule has 8 nitrogen and oxygen atoms in total. The molecule has 3 aliphatic rings. The molecular weight excluding hydrogens is 395 g/mol. The van der Waals surface area contributed by atoms with Crippen molar-refractivity contribution >= 4 is 25.5 Å². The van der Waals surface area contributed by atoms with Crippen molar-refractivity contribution in [2.75, 3.05) is 19.6 Å². The second-order valence-electron chi connectivity index (χ2n) is 8.72. The molecule has 1 aromatic rings. The molecule has 0 unspecified atom stereocenters. The van der Waals surface area contributed by atoms with Crippen LogP contribution in [0.15, 0.2) is 30.3 Å². The van der Waals surface area contributed by atoms with Gasteiger partial charge >= 0.3 is 6.03 Å². The van der Waals surface area contributed by atoms with Gasteiger partial charge in [0.2, 0.25) is 5.91 Å². The quantitative estimate of drug-likeness (QED) is 0.525. The zero-order chi connectivity index (χ0) is 21.6. The number of benzene rings is 1. The van der Waals surface area contributed by atoms with Crippen LogP contribution < -0.4 is 5.32 Å². The number of nitrogens with zero attached hydrogens (tertiary/aromatic N) is 3. The smallest absolute Gasteiger partial charge is 0.345 e. The fraction of sp³-hybridized carbons (Fsp3) is 0.591. The number of carbonyl (C=O) groups is 3. The van der Waals surface area contributed by atoms with Gasteiger partial charge in [-0.05, 0) is 57.2 Å². The molecule has 166 valence electrons. The molecule has 3 fully saturated rings. The summed E-state index contributed by atoms with van der Waals surface area (Å²) < 4.78 is 0. The normalized spacial score (nSPS) is 25.1. The Bertz CT molecular complexity index is 770. The van der Waals surface area contributed by atoms with Gasteiger partial charge in [0.15, 0.2) is 0 Å². The number of nitrogens with one attached hydrogen (secondary N) is 1. The van der Waals surface area contributed by atoms with Crippen LogP contribution in [-0.2, 0) is 21.0 Å². The van der Waals surface area contributed by atoms with E-state index in [1.54, 1.807) is 4.90 Å². The summed E-state index contributed by atoms with van der Waals surface area (Å²) in [5.41, 5.74) is 1.01. The number of carbonyl (C=O) groups excluding carboxylic acids is 3. The summed E-state index contributed by atoms with van der Waals surface area (Å²) in [6.45, 7) is 2.65. The molecule has 1 aromatic carbocycles. The highest BCUT2D eigenvalue weighted by Crippen LogP contribution is 2.30. The predicted molar refractivity (Wildman–Crippen MR) is 118 cm³/mol. The van der Waals surface area contributed by atoms with Gasteiger partial charge in [0.05, 0.1) is 12.2 Å². The van der Waals surface area contributed by atoms with Gasteiger partial charge in [-0.25, -0.2) is 4.79 Å². The van der Waals surface area contributed by atoms with Gasteiger partial charge in [-0.2, -0.15) is 5.06 Å². The summed E-state index contributed by atoms with van der Waals surface area (Å²) in [5.74, 6) is -0.0490. The Kier molecular flexibility index (Phi) is 7.24. The SMILES string of the molecule is O=CBN1CCCC(NC(=O)[C@@H]2CC[C@@H]3CN2C(=O)N3OCc2ccccc2)CCC1. The Morgan fingerprint density at radius 2 is 1.87 bits per heavy atom. The van der Waals surface area contributed by atoms with E-state index < -0.39 is 6.04 Å². The summed E-state index contributed by atoms with van der Waals surface area (Å²) in [6.07, 6.45) is 6.09. The summed E-state index contributed by atoms with van der Waals surface area (Å²) in [5, 5.41) is 4.67. The van der Waals surface area contributed by atoms with Crippen LogP contribution in [0, 0.1) is 0 Å². The third-order valence-corrected chi connectivity index (χ3v) is 6.57. The molecule has 3 heterocycles. The molecule has 0 aliphatic carbocycles. The van der Waals surface area contributed by atoms with Gasteiger partial charge < -0.3 is 19.8 Å². The van der Waals surface area contributed by atoms with Crippen molar-refractivity contribution in [3.8, 4) is 0 Å². The first-order valence-corrected chi connectivity index (χ1v) is 11.4. The Labute approximate surface area is 184 Å². The summed E-state index contributed by atoms with van der Waals surface area (Å²) >= 11 is 0. The standard InChI is InChI=1S/C22H31BN4O4/c28-16-23-25-12-4-8-18(9-5-13-25)24-21(29)20-11-10-19-14-26(20)22(30)27(19)31-15-17-6-2-1-3-7-17/h1-3,6-7,16,18-20,23H,4-5,8-15H2,(H,24,29)/t19-,20+/m1/s1. The molecule has 31 heavy (non-hydrogen) atoms. The maximum Gasteiger partial charge on any atom is 0.345 e. The molecule has 2 bridgehead atoms. The molecule has 2 atom stereocenters. The first-order valence-electron chi connectivity index (χ1n) is 11.4. The third-order valence-electron chi connectivity index (χ3n) is 6.57. The van der Waals surface area contributed by atoms with Crippen LogP contribution in [0.5, 0.6) is 0 Å². The fourth-order valence-electron chi connectivity index (χ4n) is 4.90. The number of hydrogen-bond acceptors (Lipinski definition) is 5. The average Bonchev–Trinajstić information content (AvgIpc) is 3.00. The lowest BCUT2D eigenvalue weighted by atomic mass is 9.91. The van der Waals surface area contributed by atoms with Gasteiger partial charge in [-0.3, -0.25) is 9.63 Å². The first-order chi connectivity index (χ1) is 15.2. The zero-order valence-corrected chi connectivity index (χ0v) is 17.9. The Hall–Kier alpha value is -2.39. The van der Waals surface area contributed by atoms with Crippen molar-refractivity contribution in [1.29, 1.82) is 0 Å². The number of urea groups is 1. The van der Waals surface area contributed by atoms with E-state index in [2.05, 4.69) is 10.1 Å². The molecule has 0 radical (unpaired) electrons. The van der Waals surface area contributed by atoms with E-state index in [1.165, 1.54) is 5.06 Å². The van der Waals surface area contributed by atoms with E-state index in [1.807, 2.05) is 30.3 Å². The highest BCUT2D eigenvalue weighted by atomic mass is 16.7. The van der Waals surface area contributed by atoms with Crippen LogP contribution in [0.3, 0.4) is 0 Å². The van der Waals surface area contributed by atoms with Crippen molar-refractivity contribution in [2.24, 2.45) is 0 Å². The van der Waals surface area contributed by atoms with E-state index in [0.717, 1.165) is 56.9 Å². The highest BCUT2D eigenvalue weighted by Gasteiger charge is 2.48. The topological polar surface area (TPSA) is 82.2 Å². The largest absolute Gasteiger partial charge is 0.352 e. The molecule has 3 saturated heterocycles. The lowest BCUT2D eigenvalue weighted by Gasteiger charge is -2.32. The van der Waals surface area contributed by atoms with Gasteiger partial charge in [-0.15, -0.1) is 0 Å². The van der Waals surface area contributed by atoms with Gasteiger partial charge in [0.1, 0.15) is 12.6 Å². The van der Waals surface area contributed by atoms with Crippen molar-refractivity contribution in [2.45, 2.75) is 63.3 Å². The van der Waals surface area contributed by atoms with Gasteiger partial charge in [0, 0.05) is 12.6 Å². The number of amides is 3. The number of hydrogen-bond donors (Lipinski definition) is 1. The number of piperidine rings is 1. The fourth-order valence-corrected chi connectivity index (χ4v) is 4.90. The minimum absolute atomic E-state index is 0.00505. The summed E-state index contributed by atoms with van der Waals surface area (Å²) in [6, 6.07) is 9.28. The lowest BCUT2D eigenvalue weighted by molar-refractivity contribution is -0.140. The van der Waals surface area contributed by atoms with Crippen molar-refractivity contribution in [1.82, 2.24) is 20.1 Å². The second-order valence-corrected chi connectivity index (χ2v) is 8.72. The molecule has 9 heteroatoms. The molecular formula is C22H31BN4O4. The minimum Gasteiger partial charge on any atom is -0.352 e. The second kappa shape index (κ2) is 10.3. The minimum atomic E-state index is -0.425. The molecule has 0 aromatic heterocycles. The van der Waals surface area contributed by atoms with E-state index >= 15 is 0 Å². The van der Waals surface area contributed by atoms with E-state index in [-0.39, 0.29) is 24.0 Å². The summed E-state index contributed by atoms with van der Waals surface area (Å²) in [7, 11) is 0.486. The predicted octanol–water partition coefficient (Wildman–Crippen LogP) is 1.29. The monoisotopic (exact) mass is 426 g/mol. The third kappa shape index (κ3) is 5.27. The van der Waals surface area contributed by atoms with Crippen molar-refractivity contribution in [3.05, 3.63) is 35.9 Å². The van der Waals surface area contributed by atoms with Crippen LogP contribution in [-0.4, -0.2) is 78.1 Å². The molecule has 0 spiro atoms. The van der Waals surface area contributed by atoms with Crippen LogP contribution in [0.25, 0.3) is 0 Å². The van der Waals surface area contributed by atoms with E-state index in [9.17, 15) is 14.4 Å². The van der Waals surface area contributed by atoms with E-state index in [4.69, 9.17) is 4.84 Å². The van der Waals surface area contributed by atoms with Gasteiger partial charge in [0.25, 0.3) is 7.41 Å². The van der Waals surface area contributed by atoms with Crippen molar-refractivity contribution < 1.29 is 19.2 Å². The molecule has 0 saturated carbocycles. The number of rotatable bonds is 7. The first kappa shape index (κ1) is 21.8. The highest BCUT2D eigenvalue weighted by molar-refractivity contribution is 6.64. The van der Waals surface area contributed by atoms with Crippen molar-refractivity contribution in [3.63, 3.8) is 0 Å². The molecule has 1 N–H and O–H groups in total. The Morgan fingerprint density at radius 1 is 1.13 bits per heavy atom. The Balaban J connectivity index is 1.29.